The smallest absolute Gasteiger partial charge is 0.00950 e. The van der Waals surface area contributed by atoms with Crippen molar-refractivity contribution in [2.45, 2.75) is 27.7 Å². The first-order chi connectivity index (χ1) is 5.02. The van der Waals surface area contributed by atoms with E-state index in [0.717, 1.165) is 0 Å². The van der Waals surface area contributed by atoms with Gasteiger partial charge in [0.15, 0.2) is 0 Å². The summed E-state index contributed by atoms with van der Waals surface area (Å²) < 4.78 is 0. The third kappa shape index (κ3) is 1.95. The number of rotatable bonds is 0. The fourth-order valence-electron chi connectivity index (χ4n) is 1.58. The van der Waals surface area contributed by atoms with Gasteiger partial charge in [-0.2, -0.15) is 0 Å². The van der Waals surface area contributed by atoms with E-state index in [1.54, 1.807) is 0 Å². The largest absolute Gasteiger partial charge is 0.0808 e. The molecule has 0 fully saturated rings. The maximum absolute atomic E-state index is 2.27. The van der Waals surface area contributed by atoms with Crippen LogP contribution >= 0.6 is 0 Å². The van der Waals surface area contributed by atoms with Gasteiger partial charge in [-0.15, -0.1) is 0 Å². The zero-order valence-electron chi connectivity index (χ0n) is 7.89. The molecule has 1 unspecified atom stereocenters. The topological polar surface area (TPSA) is 0 Å². The highest BCUT2D eigenvalue weighted by atomic mass is 14.3. The molecule has 1 rings (SSSR count). The Morgan fingerprint density at radius 2 is 1.82 bits per heavy atom. The molecule has 0 spiro atoms. The normalized spacial score (nSPS) is 26.0. The second-order valence-electron chi connectivity index (χ2n) is 4.24. The van der Waals surface area contributed by atoms with Crippen LogP contribution in [0, 0.1) is 17.3 Å². The minimum absolute atomic E-state index is 0.320. The molecule has 1 radical (unpaired) electrons. The summed E-state index contributed by atoms with van der Waals surface area (Å²) in [6, 6.07) is 0. The van der Waals surface area contributed by atoms with Crippen molar-refractivity contribution in [2.75, 3.05) is 0 Å². The molecule has 0 aromatic rings. The predicted octanol–water partition coefficient (Wildman–Crippen LogP) is 3.37. The quantitative estimate of drug-likeness (QED) is 0.495. The summed E-state index contributed by atoms with van der Waals surface area (Å²) in [5, 5.41) is 0. The maximum Gasteiger partial charge on any atom is 0.00950 e. The lowest BCUT2D eigenvalue weighted by Crippen LogP contribution is -2.22. The first kappa shape index (κ1) is 8.58. The Balaban J connectivity index is 2.74. The molecule has 0 nitrogen and oxygen atoms in total. The molecule has 0 N–H and O–H groups in total. The van der Waals surface area contributed by atoms with Crippen molar-refractivity contribution in [1.29, 1.82) is 0 Å². The average Bonchev–Trinajstić information content (AvgIpc) is 1.86. The Kier molecular flexibility index (Phi) is 2.22. The van der Waals surface area contributed by atoms with E-state index in [9.17, 15) is 0 Å². The van der Waals surface area contributed by atoms with Crippen LogP contribution in [0.2, 0.25) is 0 Å². The number of allylic oxidation sites excluding steroid dienone is 4. The van der Waals surface area contributed by atoms with Crippen LogP contribution in [0.3, 0.4) is 0 Å². The van der Waals surface area contributed by atoms with Crippen LogP contribution in [-0.2, 0) is 0 Å². The molecule has 1 aliphatic carbocycles. The molecule has 0 heterocycles. The summed E-state index contributed by atoms with van der Waals surface area (Å²) in [4.78, 5) is 0. The van der Waals surface area contributed by atoms with E-state index in [1.165, 1.54) is 5.92 Å². The Labute approximate surface area is 70.0 Å². The highest BCUT2D eigenvalue weighted by Crippen LogP contribution is 2.37. The Morgan fingerprint density at radius 1 is 1.18 bits per heavy atom. The lowest BCUT2D eigenvalue weighted by molar-refractivity contribution is 0.404. The Hall–Kier alpha value is -0.520. The fraction of sp³-hybridized carbons (Fsp3) is 0.545. The number of hydrogen-bond donors (Lipinski definition) is 0. The van der Waals surface area contributed by atoms with E-state index in [1.807, 2.05) is 0 Å². The van der Waals surface area contributed by atoms with Crippen molar-refractivity contribution < 1.29 is 0 Å². The summed E-state index contributed by atoms with van der Waals surface area (Å²) in [5.74, 6) is 2.14. The molecule has 1 atom stereocenters. The molecule has 0 aromatic carbocycles. The Bertz CT molecular complexity index is 179. The molecule has 0 aliphatic heterocycles. The summed E-state index contributed by atoms with van der Waals surface area (Å²) in [7, 11) is 0. The second-order valence-corrected chi connectivity index (χ2v) is 4.24. The van der Waals surface area contributed by atoms with Gasteiger partial charge in [0.1, 0.15) is 0 Å². The molecular formula is C11H17. The molecule has 11 heavy (non-hydrogen) atoms. The van der Waals surface area contributed by atoms with Crippen LogP contribution in [0.4, 0.5) is 0 Å². The molecule has 0 saturated carbocycles. The van der Waals surface area contributed by atoms with Gasteiger partial charge in [-0.1, -0.05) is 52.0 Å². The van der Waals surface area contributed by atoms with Crippen LogP contribution in [-0.4, -0.2) is 0 Å². The van der Waals surface area contributed by atoms with Crippen molar-refractivity contribution >= 4 is 0 Å². The van der Waals surface area contributed by atoms with Crippen LogP contribution in [0.15, 0.2) is 24.3 Å². The van der Waals surface area contributed by atoms with E-state index in [4.69, 9.17) is 0 Å². The molecule has 0 aromatic heterocycles. The lowest BCUT2D eigenvalue weighted by Gasteiger charge is -2.32. The third-order valence-electron chi connectivity index (χ3n) is 2.14. The van der Waals surface area contributed by atoms with E-state index in [0.29, 0.717) is 11.3 Å². The van der Waals surface area contributed by atoms with Crippen LogP contribution < -0.4 is 0 Å². The molecule has 0 saturated heterocycles. The number of hydrogen-bond acceptors (Lipinski definition) is 0. The second kappa shape index (κ2) is 2.84. The van der Waals surface area contributed by atoms with Crippen LogP contribution in [0.5, 0.6) is 0 Å². The summed E-state index contributed by atoms with van der Waals surface area (Å²) in [6.45, 7) is 9.05. The standard InChI is InChI=1S/C11H17/c1-9-7-5-6-8-10(9)11(2,3)4/h5-9H,1-4H3. The zero-order valence-corrected chi connectivity index (χ0v) is 7.89. The van der Waals surface area contributed by atoms with Crippen molar-refractivity contribution in [3.8, 4) is 0 Å². The van der Waals surface area contributed by atoms with Gasteiger partial charge in [0.25, 0.3) is 0 Å². The summed E-state index contributed by atoms with van der Waals surface area (Å²) >= 11 is 0. The van der Waals surface area contributed by atoms with Gasteiger partial charge in [-0.3, -0.25) is 0 Å². The van der Waals surface area contributed by atoms with Crippen molar-refractivity contribution in [3.05, 3.63) is 30.2 Å². The van der Waals surface area contributed by atoms with Gasteiger partial charge in [-0.05, 0) is 11.3 Å². The van der Waals surface area contributed by atoms with E-state index in [-0.39, 0.29) is 0 Å². The van der Waals surface area contributed by atoms with Gasteiger partial charge in [0.2, 0.25) is 0 Å². The highest BCUT2D eigenvalue weighted by Gasteiger charge is 2.27. The SMILES string of the molecule is CC1C=CC=C[C]1C(C)(C)C. The molecule has 61 valence electrons. The fourth-order valence-corrected chi connectivity index (χ4v) is 1.58. The van der Waals surface area contributed by atoms with Crippen molar-refractivity contribution in [1.82, 2.24) is 0 Å². The molecule has 0 bridgehead atoms. The first-order valence-electron chi connectivity index (χ1n) is 4.24. The first-order valence-corrected chi connectivity index (χ1v) is 4.24. The van der Waals surface area contributed by atoms with Gasteiger partial charge >= 0.3 is 0 Å². The molecule has 1 aliphatic rings. The lowest BCUT2D eigenvalue weighted by atomic mass is 9.72. The molecule has 0 heteroatoms. The van der Waals surface area contributed by atoms with E-state index < -0.39 is 0 Å². The average molecular weight is 149 g/mol. The maximum atomic E-state index is 2.27. The predicted molar refractivity (Wildman–Crippen MR) is 50.1 cm³/mol. The minimum atomic E-state index is 0.320. The van der Waals surface area contributed by atoms with E-state index >= 15 is 0 Å². The third-order valence-corrected chi connectivity index (χ3v) is 2.14. The minimum Gasteiger partial charge on any atom is -0.0808 e. The van der Waals surface area contributed by atoms with Gasteiger partial charge in [-0.25, -0.2) is 0 Å². The van der Waals surface area contributed by atoms with Crippen LogP contribution in [0.1, 0.15) is 27.7 Å². The highest BCUT2D eigenvalue weighted by molar-refractivity contribution is 5.30. The monoisotopic (exact) mass is 149 g/mol. The summed E-state index contributed by atoms with van der Waals surface area (Å²) in [5.41, 5.74) is 0.320. The van der Waals surface area contributed by atoms with Crippen LogP contribution in [0.25, 0.3) is 0 Å². The van der Waals surface area contributed by atoms with Crippen molar-refractivity contribution in [3.63, 3.8) is 0 Å². The molecule has 0 amide bonds. The van der Waals surface area contributed by atoms with E-state index in [2.05, 4.69) is 52.0 Å². The van der Waals surface area contributed by atoms with Gasteiger partial charge < -0.3 is 0 Å². The molecular weight excluding hydrogens is 132 g/mol. The zero-order chi connectivity index (χ0) is 8.48. The van der Waals surface area contributed by atoms with Crippen molar-refractivity contribution in [2.24, 2.45) is 11.3 Å². The van der Waals surface area contributed by atoms with Gasteiger partial charge in [0, 0.05) is 5.92 Å². The van der Waals surface area contributed by atoms with Gasteiger partial charge in [0.05, 0.1) is 0 Å². The Morgan fingerprint density at radius 3 is 2.18 bits per heavy atom. The summed E-state index contributed by atoms with van der Waals surface area (Å²) in [6.07, 6.45) is 8.74.